The van der Waals surface area contributed by atoms with Gasteiger partial charge in [-0.05, 0) is 25.3 Å². The molecule has 0 bridgehead atoms. The van der Waals surface area contributed by atoms with E-state index in [1.54, 1.807) is 6.92 Å². The summed E-state index contributed by atoms with van der Waals surface area (Å²) in [6.45, 7) is 5.56. The van der Waals surface area contributed by atoms with Crippen LogP contribution in [0.4, 0.5) is 0 Å². The van der Waals surface area contributed by atoms with E-state index in [0.29, 0.717) is 18.4 Å². The summed E-state index contributed by atoms with van der Waals surface area (Å²) in [6.07, 6.45) is 0.800. The predicted octanol–water partition coefficient (Wildman–Crippen LogP) is 2.70. The van der Waals surface area contributed by atoms with Gasteiger partial charge in [-0.1, -0.05) is 43.7 Å². The van der Waals surface area contributed by atoms with Gasteiger partial charge in [-0.25, -0.2) is 0 Å². The summed E-state index contributed by atoms with van der Waals surface area (Å²) in [7, 11) is 0. The minimum absolute atomic E-state index is 0.390. The predicted molar refractivity (Wildman–Crippen MR) is 66.8 cm³/mol. The van der Waals surface area contributed by atoms with Gasteiger partial charge in [-0.15, -0.1) is 0 Å². The van der Waals surface area contributed by atoms with Crippen molar-refractivity contribution in [2.75, 3.05) is 0 Å². The Kier molecular flexibility index (Phi) is 4.29. The molecule has 1 aromatic rings. The van der Waals surface area contributed by atoms with Gasteiger partial charge in [0, 0.05) is 0 Å². The van der Waals surface area contributed by atoms with Gasteiger partial charge in [0.25, 0.3) is 0 Å². The molecular formula is C14H20O3. The van der Waals surface area contributed by atoms with E-state index in [0.717, 1.165) is 5.56 Å². The molecule has 2 N–H and O–H groups in total. The van der Waals surface area contributed by atoms with Crippen LogP contribution in [0.15, 0.2) is 24.3 Å². The summed E-state index contributed by atoms with van der Waals surface area (Å²) < 4.78 is 0. The first-order valence-electron chi connectivity index (χ1n) is 5.98. The maximum Gasteiger partial charge on any atom is 0.309 e. The molecule has 0 radical (unpaired) electrons. The lowest BCUT2D eigenvalue weighted by atomic mass is 9.77. The van der Waals surface area contributed by atoms with Gasteiger partial charge in [0.1, 0.15) is 5.60 Å². The molecule has 0 heterocycles. The van der Waals surface area contributed by atoms with Crippen molar-refractivity contribution in [1.29, 1.82) is 0 Å². The second-order valence-corrected chi connectivity index (χ2v) is 4.44. The van der Waals surface area contributed by atoms with Crippen LogP contribution in [0.2, 0.25) is 0 Å². The largest absolute Gasteiger partial charge is 0.481 e. The third-order valence-electron chi connectivity index (χ3n) is 3.37. The van der Waals surface area contributed by atoms with E-state index >= 15 is 0 Å². The Morgan fingerprint density at radius 2 is 1.82 bits per heavy atom. The first-order chi connectivity index (χ1) is 7.95. The Hall–Kier alpha value is -1.35. The van der Waals surface area contributed by atoms with Gasteiger partial charge in [0.15, 0.2) is 0 Å². The molecule has 0 spiro atoms. The van der Waals surface area contributed by atoms with Crippen molar-refractivity contribution in [3.63, 3.8) is 0 Å². The van der Waals surface area contributed by atoms with Crippen LogP contribution < -0.4 is 0 Å². The number of aryl methyl sites for hydroxylation is 1. The van der Waals surface area contributed by atoms with E-state index in [-0.39, 0.29) is 0 Å². The van der Waals surface area contributed by atoms with Crippen LogP contribution in [-0.4, -0.2) is 16.2 Å². The quantitative estimate of drug-likeness (QED) is 0.826. The van der Waals surface area contributed by atoms with Crippen molar-refractivity contribution in [2.45, 2.75) is 39.2 Å². The number of hydrogen-bond acceptors (Lipinski definition) is 2. The average Bonchev–Trinajstić information content (AvgIpc) is 2.29. The highest BCUT2D eigenvalue weighted by molar-refractivity contribution is 5.72. The lowest BCUT2D eigenvalue weighted by Crippen LogP contribution is -2.39. The maximum atomic E-state index is 11.2. The van der Waals surface area contributed by atoms with E-state index in [1.807, 2.05) is 38.1 Å². The summed E-state index contributed by atoms with van der Waals surface area (Å²) in [4.78, 5) is 11.2. The maximum absolute atomic E-state index is 11.2. The molecule has 0 saturated heterocycles. The van der Waals surface area contributed by atoms with Crippen molar-refractivity contribution in [3.05, 3.63) is 35.4 Å². The Morgan fingerprint density at radius 1 is 1.29 bits per heavy atom. The molecule has 3 heteroatoms. The third-order valence-corrected chi connectivity index (χ3v) is 3.37. The first kappa shape index (κ1) is 13.7. The Labute approximate surface area is 102 Å². The van der Waals surface area contributed by atoms with Gasteiger partial charge in [0.2, 0.25) is 0 Å². The highest BCUT2D eigenvalue weighted by atomic mass is 16.4. The monoisotopic (exact) mass is 236 g/mol. The topological polar surface area (TPSA) is 57.5 Å². The van der Waals surface area contributed by atoms with Gasteiger partial charge in [0.05, 0.1) is 5.92 Å². The summed E-state index contributed by atoms with van der Waals surface area (Å²) in [6, 6.07) is 7.41. The third kappa shape index (κ3) is 2.67. The van der Waals surface area contributed by atoms with Crippen LogP contribution in [0.5, 0.6) is 0 Å². The van der Waals surface area contributed by atoms with Crippen LogP contribution in [-0.2, 0) is 10.4 Å². The summed E-state index contributed by atoms with van der Waals surface area (Å²) >= 11 is 0. The second kappa shape index (κ2) is 5.32. The summed E-state index contributed by atoms with van der Waals surface area (Å²) in [5, 5.41) is 19.8. The highest BCUT2D eigenvalue weighted by Crippen LogP contribution is 2.35. The number of rotatable bonds is 5. The first-order valence-corrected chi connectivity index (χ1v) is 5.98. The molecule has 0 aliphatic carbocycles. The second-order valence-electron chi connectivity index (χ2n) is 4.44. The molecule has 3 nitrogen and oxygen atoms in total. The fourth-order valence-electron chi connectivity index (χ4n) is 2.21. The fraction of sp³-hybridized carbons (Fsp3) is 0.500. The Bertz CT molecular complexity index is 383. The average molecular weight is 236 g/mol. The van der Waals surface area contributed by atoms with Crippen LogP contribution in [0.25, 0.3) is 0 Å². The molecule has 0 aliphatic heterocycles. The zero-order valence-electron chi connectivity index (χ0n) is 10.6. The molecule has 0 saturated carbocycles. The molecule has 94 valence electrons. The molecule has 0 aliphatic rings. The molecule has 0 amide bonds. The molecule has 0 aromatic heterocycles. The zero-order valence-corrected chi connectivity index (χ0v) is 10.6. The van der Waals surface area contributed by atoms with Crippen molar-refractivity contribution in [2.24, 2.45) is 5.92 Å². The Balaban J connectivity index is 3.18. The van der Waals surface area contributed by atoms with E-state index in [1.165, 1.54) is 0 Å². The minimum atomic E-state index is -1.28. The number of carboxylic acid groups (broad SMARTS) is 1. The highest BCUT2D eigenvalue weighted by Gasteiger charge is 2.40. The molecule has 17 heavy (non-hydrogen) atoms. The Morgan fingerprint density at radius 3 is 2.18 bits per heavy atom. The van der Waals surface area contributed by atoms with Crippen LogP contribution in [0.1, 0.15) is 37.8 Å². The van der Waals surface area contributed by atoms with E-state index in [2.05, 4.69) is 0 Å². The number of carbonyl (C=O) groups is 1. The summed E-state index contributed by atoms with van der Waals surface area (Å²) in [5.74, 6) is -1.72. The number of hydrogen-bond donors (Lipinski definition) is 2. The van der Waals surface area contributed by atoms with Crippen molar-refractivity contribution < 1.29 is 15.0 Å². The number of carboxylic acids is 1. The van der Waals surface area contributed by atoms with Gasteiger partial charge >= 0.3 is 5.97 Å². The fourth-order valence-corrected chi connectivity index (χ4v) is 2.21. The molecule has 1 rings (SSSR count). The van der Waals surface area contributed by atoms with Gasteiger partial charge < -0.3 is 10.2 Å². The van der Waals surface area contributed by atoms with Crippen LogP contribution in [0, 0.1) is 12.8 Å². The number of aliphatic carboxylic acids is 1. The molecule has 2 unspecified atom stereocenters. The summed E-state index contributed by atoms with van der Waals surface area (Å²) in [5.41, 5.74) is 0.490. The molecule has 1 aromatic carbocycles. The van der Waals surface area contributed by atoms with Crippen molar-refractivity contribution in [3.8, 4) is 0 Å². The zero-order chi connectivity index (χ0) is 13.1. The normalized spacial score (nSPS) is 16.2. The van der Waals surface area contributed by atoms with Gasteiger partial charge in [-0.2, -0.15) is 0 Å². The lowest BCUT2D eigenvalue weighted by molar-refractivity contribution is -0.153. The van der Waals surface area contributed by atoms with Crippen molar-refractivity contribution in [1.82, 2.24) is 0 Å². The smallest absolute Gasteiger partial charge is 0.309 e. The van der Waals surface area contributed by atoms with Crippen LogP contribution in [0.3, 0.4) is 0 Å². The number of benzene rings is 1. The minimum Gasteiger partial charge on any atom is -0.481 e. The van der Waals surface area contributed by atoms with Gasteiger partial charge in [-0.3, -0.25) is 4.79 Å². The standard InChI is InChI=1S/C14H20O3/c1-4-12(13(15)16)14(17,5-2)11-8-6-10(3)7-9-11/h6-9,12,17H,4-5H2,1-3H3,(H,15,16). The lowest BCUT2D eigenvalue weighted by Gasteiger charge is -2.33. The molecule has 0 fully saturated rings. The van der Waals surface area contributed by atoms with Crippen LogP contribution >= 0.6 is 0 Å². The van der Waals surface area contributed by atoms with E-state index < -0.39 is 17.5 Å². The molecule has 2 atom stereocenters. The van der Waals surface area contributed by atoms with Crippen molar-refractivity contribution >= 4 is 5.97 Å². The van der Waals surface area contributed by atoms with E-state index in [4.69, 9.17) is 0 Å². The SMILES string of the molecule is CCC(C(=O)O)C(O)(CC)c1ccc(C)cc1. The molecular weight excluding hydrogens is 216 g/mol. The van der Waals surface area contributed by atoms with E-state index in [9.17, 15) is 15.0 Å². The number of aliphatic hydroxyl groups is 1.